The van der Waals surface area contributed by atoms with Crippen molar-refractivity contribution >= 4 is 41.9 Å². The van der Waals surface area contributed by atoms with Crippen LogP contribution in [0.15, 0.2) is 24.3 Å². The predicted octanol–water partition coefficient (Wildman–Crippen LogP) is 10.4. The number of fused-ring (bicyclic) bond motifs is 5. The lowest BCUT2D eigenvalue weighted by molar-refractivity contribution is 0.00576. The van der Waals surface area contributed by atoms with Gasteiger partial charge < -0.3 is 33.3 Å². The van der Waals surface area contributed by atoms with Crippen LogP contribution in [-0.2, 0) is 14.2 Å². The van der Waals surface area contributed by atoms with Gasteiger partial charge in [-0.2, -0.15) is 15.0 Å². The molecular formula is C52H71F2N7O7Si. The van der Waals surface area contributed by atoms with Gasteiger partial charge in [0.2, 0.25) is 0 Å². The number of carbonyl (C=O) groups is 1. The molecule has 9 rings (SSSR count). The van der Waals surface area contributed by atoms with Crippen LogP contribution in [-0.4, -0.2) is 133 Å². The number of ether oxygens (including phenoxy) is 6. The lowest BCUT2D eigenvalue weighted by Crippen LogP contribution is -2.57. The number of alkyl halides is 1. The molecule has 5 aliphatic rings. The standard InChI is InChI=1S/C52H71F2N7O7Si/c1-31(2)69(32(3)4,33(5)6)20-17-41-42(54)16-13-34-21-40(66-30-63-10)24-43(44(34)41)67-49-56-46-45(61(49)38-22-39(23-38)64-11)47(57-48(55-46)65-29-52-18-12-19-59(52)26-35(53)25-52)58-27-36-14-15-37(28-58)60(36)50(62)68-51(7,8)9/h13,16,21,24,31-33,35-39H,12,14-15,18-19,22-23,25-30H2,1-11H3/t35-,36?,37?,38?,39?,52+/m1/s1. The summed E-state index contributed by atoms with van der Waals surface area (Å²) in [6.07, 6.45) is 3.96. The van der Waals surface area contributed by atoms with E-state index >= 15 is 4.39 Å². The molecule has 0 spiro atoms. The topological polar surface area (TPSA) is 126 Å². The minimum atomic E-state index is -2.30. The summed E-state index contributed by atoms with van der Waals surface area (Å²) in [5.41, 5.74) is 4.94. The molecule has 14 nitrogen and oxygen atoms in total. The first-order valence-electron chi connectivity index (χ1n) is 25.0. The molecule has 1 saturated carbocycles. The van der Waals surface area contributed by atoms with E-state index in [1.54, 1.807) is 26.4 Å². The van der Waals surface area contributed by atoms with Crippen LogP contribution in [0.5, 0.6) is 23.5 Å². The molecule has 0 N–H and O–H groups in total. The number of anilines is 1. The Balaban J connectivity index is 1.20. The summed E-state index contributed by atoms with van der Waals surface area (Å²) in [5, 5.41) is 1.18. The van der Waals surface area contributed by atoms with Crippen LogP contribution >= 0.6 is 0 Å². The minimum Gasteiger partial charge on any atom is -0.467 e. The van der Waals surface area contributed by atoms with Crippen LogP contribution in [0.1, 0.15) is 119 Å². The highest BCUT2D eigenvalue weighted by atomic mass is 28.3. The average Bonchev–Trinajstić information content (AvgIpc) is 3.99. The lowest BCUT2D eigenvalue weighted by atomic mass is 9.89. The number of nitrogens with zero attached hydrogens (tertiary/aromatic N) is 7. The molecule has 4 saturated heterocycles. The molecule has 0 radical (unpaired) electrons. The number of methoxy groups -OCH3 is 2. The number of amides is 1. The van der Waals surface area contributed by atoms with Crippen molar-refractivity contribution in [3.8, 4) is 35.0 Å². The van der Waals surface area contributed by atoms with Crippen LogP contribution < -0.4 is 19.1 Å². The third-order valence-corrected chi connectivity index (χ3v) is 22.0. The highest BCUT2D eigenvalue weighted by Crippen LogP contribution is 2.47. The van der Waals surface area contributed by atoms with Gasteiger partial charge in [-0.3, -0.25) is 14.4 Å². The van der Waals surface area contributed by atoms with E-state index in [1.807, 2.05) is 31.7 Å². The minimum absolute atomic E-state index is 0.00901. The summed E-state index contributed by atoms with van der Waals surface area (Å²) in [6, 6.07) is 6.77. The Morgan fingerprint density at radius 1 is 0.942 bits per heavy atom. The second kappa shape index (κ2) is 19.1. The van der Waals surface area contributed by atoms with Gasteiger partial charge in [0, 0.05) is 57.8 Å². The van der Waals surface area contributed by atoms with Gasteiger partial charge in [0.1, 0.15) is 49.3 Å². The number of benzene rings is 2. The lowest BCUT2D eigenvalue weighted by Gasteiger charge is -2.42. The van der Waals surface area contributed by atoms with Gasteiger partial charge in [0.25, 0.3) is 0 Å². The zero-order valence-electron chi connectivity index (χ0n) is 42.4. The number of aromatic nitrogens is 4. The van der Waals surface area contributed by atoms with Crippen LogP contribution in [0.25, 0.3) is 21.9 Å². The van der Waals surface area contributed by atoms with Crippen LogP contribution in [0.4, 0.5) is 19.4 Å². The van der Waals surface area contributed by atoms with Gasteiger partial charge >= 0.3 is 18.1 Å². The van der Waals surface area contributed by atoms with Gasteiger partial charge in [0.05, 0.1) is 29.3 Å². The fourth-order valence-corrected chi connectivity index (χ4v) is 17.6. The van der Waals surface area contributed by atoms with E-state index < -0.39 is 31.2 Å². The largest absolute Gasteiger partial charge is 0.467 e. The maximum absolute atomic E-state index is 16.5. The monoisotopic (exact) mass is 972 g/mol. The molecule has 1 amide bonds. The first kappa shape index (κ1) is 49.2. The molecule has 2 aromatic carbocycles. The third-order valence-electron chi connectivity index (χ3n) is 15.7. The van der Waals surface area contributed by atoms with Gasteiger partial charge in [-0.05, 0) is 100.0 Å². The Bertz CT molecular complexity index is 2590. The molecule has 69 heavy (non-hydrogen) atoms. The van der Waals surface area contributed by atoms with Crippen LogP contribution in [0.3, 0.4) is 0 Å². The van der Waals surface area contributed by atoms with Gasteiger partial charge in [-0.15, -0.1) is 5.54 Å². The van der Waals surface area contributed by atoms with Gasteiger partial charge in [0.15, 0.2) is 18.3 Å². The Kier molecular flexibility index (Phi) is 13.6. The smallest absolute Gasteiger partial charge is 0.410 e. The zero-order valence-corrected chi connectivity index (χ0v) is 43.4. The average molecular weight is 972 g/mol. The molecule has 2 bridgehead atoms. The number of piperazine rings is 1. The summed E-state index contributed by atoms with van der Waals surface area (Å²) in [7, 11) is 0.973. The van der Waals surface area contributed by atoms with Gasteiger partial charge in [-0.25, -0.2) is 13.6 Å². The van der Waals surface area contributed by atoms with Crippen molar-refractivity contribution in [3.63, 3.8) is 0 Å². The number of hydrogen-bond donors (Lipinski definition) is 0. The first-order valence-corrected chi connectivity index (χ1v) is 27.3. The van der Waals surface area contributed by atoms with Crippen molar-refractivity contribution in [1.29, 1.82) is 0 Å². The van der Waals surface area contributed by atoms with Crippen molar-refractivity contribution < 1.29 is 42.0 Å². The number of rotatable bonds is 14. The van der Waals surface area contributed by atoms with Crippen molar-refractivity contribution in [2.24, 2.45) is 0 Å². The normalized spacial score (nSPS) is 24.9. The second-order valence-corrected chi connectivity index (χ2v) is 27.6. The van der Waals surface area contributed by atoms with E-state index in [-0.39, 0.29) is 61.3 Å². The predicted molar refractivity (Wildman–Crippen MR) is 264 cm³/mol. The quantitative estimate of drug-likeness (QED) is 0.0678. The van der Waals surface area contributed by atoms with Gasteiger partial charge in [-0.1, -0.05) is 53.5 Å². The molecule has 4 atom stereocenters. The molecule has 4 aromatic rings. The Morgan fingerprint density at radius 2 is 1.65 bits per heavy atom. The maximum Gasteiger partial charge on any atom is 0.410 e. The van der Waals surface area contributed by atoms with Crippen LogP contribution in [0.2, 0.25) is 16.6 Å². The molecule has 1 aliphatic carbocycles. The molecule has 2 aromatic heterocycles. The summed E-state index contributed by atoms with van der Waals surface area (Å²) >= 11 is 0. The Morgan fingerprint density at radius 3 is 2.30 bits per heavy atom. The fourth-order valence-electron chi connectivity index (χ4n) is 12.4. The zero-order chi connectivity index (χ0) is 49.2. The molecule has 2 unspecified atom stereocenters. The number of halogens is 2. The van der Waals surface area contributed by atoms with Crippen molar-refractivity contribution in [3.05, 3.63) is 35.6 Å². The van der Waals surface area contributed by atoms with E-state index in [2.05, 4.69) is 67.4 Å². The molecule has 4 aliphatic heterocycles. The fraction of sp³-hybridized carbons (Fsp3) is 0.654. The van der Waals surface area contributed by atoms with Crippen LogP contribution in [0, 0.1) is 17.3 Å². The first-order chi connectivity index (χ1) is 32.8. The Hall–Kier alpha value is -4.76. The molecular weight excluding hydrogens is 901 g/mol. The van der Waals surface area contributed by atoms with Crippen molar-refractivity contribution in [2.45, 2.75) is 165 Å². The molecule has 5 fully saturated rings. The van der Waals surface area contributed by atoms with Crippen molar-refractivity contribution in [1.82, 2.24) is 29.3 Å². The number of carbonyl (C=O) groups excluding carboxylic acids is 1. The second-order valence-electron chi connectivity index (χ2n) is 22.0. The van der Waals surface area contributed by atoms with E-state index in [9.17, 15) is 9.18 Å². The summed E-state index contributed by atoms with van der Waals surface area (Å²) in [4.78, 5) is 35.4. The van der Waals surface area contributed by atoms with Crippen molar-refractivity contribution in [2.75, 3.05) is 58.7 Å². The summed E-state index contributed by atoms with van der Waals surface area (Å²) < 4.78 is 70.3. The molecule has 17 heteroatoms. The summed E-state index contributed by atoms with van der Waals surface area (Å²) in [5.74, 6) is 4.35. The van der Waals surface area contributed by atoms with E-state index in [0.29, 0.717) is 94.8 Å². The number of hydrogen-bond acceptors (Lipinski definition) is 12. The van der Waals surface area contributed by atoms with E-state index in [0.717, 1.165) is 32.2 Å². The van der Waals surface area contributed by atoms with E-state index in [4.69, 9.17) is 43.4 Å². The molecule has 374 valence electrons. The summed E-state index contributed by atoms with van der Waals surface area (Å²) in [6.45, 7) is 21.5. The third kappa shape index (κ3) is 9.24. The van der Waals surface area contributed by atoms with E-state index in [1.165, 1.54) is 6.07 Å². The SMILES string of the molecule is COCOc1cc(Oc2nc3nc(OC[C@@]45CCCN4C[C@H](F)C5)nc(N4CC5CCC(C4)N5C(=O)OC(C)(C)C)c3n2C2CC(OC)C2)c2c(C#C[Si](C(C)C)(C(C)C)C(C)C)c(F)ccc2c1. The highest BCUT2D eigenvalue weighted by Gasteiger charge is 2.50. The molecule has 6 heterocycles. The number of imidazole rings is 1. The Labute approximate surface area is 406 Å². The highest BCUT2D eigenvalue weighted by molar-refractivity contribution is 6.90. The maximum atomic E-state index is 16.5.